The second-order valence-corrected chi connectivity index (χ2v) is 6.59. The molecule has 0 aliphatic heterocycles. The van der Waals surface area contributed by atoms with Crippen molar-refractivity contribution in [2.45, 2.75) is 26.7 Å². The second kappa shape index (κ2) is 6.95. The molecule has 0 fully saturated rings. The van der Waals surface area contributed by atoms with Gasteiger partial charge in [0.25, 0.3) is 0 Å². The summed E-state index contributed by atoms with van der Waals surface area (Å²) in [7, 11) is 0. The van der Waals surface area contributed by atoms with Crippen molar-refractivity contribution in [3.8, 4) is 10.7 Å². The lowest BCUT2D eigenvalue weighted by atomic mass is 10.1. The van der Waals surface area contributed by atoms with Crippen LogP contribution < -0.4 is 0 Å². The normalized spacial score (nSPS) is 10.6. The topological polar surface area (TPSA) is 52.1 Å². The van der Waals surface area contributed by atoms with Crippen molar-refractivity contribution < 1.29 is 9.53 Å². The number of nitrogens with zero attached hydrogens (tertiary/aromatic N) is 2. The molecule has 0 aliphatic rings. The zero-order valence-corrected chi connectivity index (χ0v) is 13.8. The van der Waals surface area contributed by atoms with E-state index in [1.165, 1.54) is 0 Å². The van der Waals surface area contributed by atoms with Crippen LogP contribution in [0.4, 0.5) is 0 Å². The average Bonchev–Trinajstić information content (AvgIpc) is 2.86. The number of esters is 1. The molecular weight excluding hydrogens is 340 g/mol. The summed E-state index contributed by atoms with van der Waals surface area (Å²) in [5.74, 6) is 0.298. The van der Waals surface area contributed by atoms with E-state index in [2.05, 4.69) is 32.8 Å². The summed E-state index contributed by atoms with van der Waals surface area (Å²) >= 11 is 4.99. The van der Waals surface area contributed by atoms with E-state index in [1.807, 2.05) is 12.1 Å². The maximum Gasteiger partial charge on any atom is 0.341 e. The van der Waals surface area contributed by atoms with Gasteiger partial charge in [0, 0.05) is 6.20 Å². The maximum absolute atomic E-state index is 11.9. The Bertz CT molecular complexity index is 613. The second-order valence-electron chi connectivity index (χ2n) is 4.13. The molecule has 2 aromatic heterocycles. The highest BCUT2D eigenvalue weighted by Crippen LogP contribution is 2.29. The number of rotatable bonds is 5. The Hall–Kier alpha value is -1.27. The highest BCUT2D eigenvalue weighted by atomic mass is 79.9. The monoisotopic (exact) mass is 354 g/mol. The van der Waals surface area contributed by atoms with Gasteiger partial charge in [0.05, 0.1) is 26.5 Å². The number of hydrogen-bond acceptors (Lipinski definition) is 5. The Morgan fingerprint density at radius 1 is 1.40 bits per heavy atom. The van der Waals surface area contributed by atoms with Crippen molar-refractivity contribution in [2.24, 2.45) is 0 Å². The minimum atomic E-state index is -0.352. The van der Waals surface area contributed by atoms with E-state index >= 15 is 0 Å². The van der Waals surface area contributed by atoms with Gasteiger partial charge in [-0.1, -0.05) is 13.3 Å². The first kappa shape index (κ1) is 15.1. The molecule has 106 valence electrons. The van der Waals surface area contributed by atoms with E-state index in [0.29, 0.717) is 18.0 Å². The molecule has 0 atom stereocenters. The number of aromatic nitrogens is 2. The fraction of sp³-hybridized carbons (Fsp3) is 0.357. The van der Waals surface area contributed by atoms with Crippen LogP contribution in [-0.2, 0) is 11.2 Å². The summed E-state index contributed by atoms with van der Waals surface area (Å²) in [6, 6.07) is 3.92. The van der Waals surface area contributed by atoms with Crippen molar-refractivity contribution >= 4 is 33.2 Å². The van der Waals surface area contributed by atoms with Gasteiger partial charge in [-0.25, -0.2) is 14.8 Å². The number of carbonyl (C=O) groups is 1. The first-order valence-corrected chi connectivity index (χ1v) is 8.05. The van der Waals surface area contributed by atoms with Crippen LogP contribution in [0, 0.1) is 0 Å². The van der Waals surface area contributed by atoms with E-state index in [4.69, 9.17) is 4.74 Å². The van der Waals surface area contributed by atoms with Crippen molar-refractivity contribution in [3.05, 3.63) is 33.4 Å². The van der Waals surface area contributed by atoms with Gasteiger partial charge in [0.1, 0.15) is 0 Å². The largest absolute Gasteiger partial charge is 0.462 e. The Kier molecular flexibility index (Phi) is 5.25. The van der Waals surface area contributed by atoms with E-state index in [9.17, 15) is 4.79 Å². The molecule has 6 heteroatoms. The van der Waals surface area contributed by atoms with E-state index < -0.39 is 0 Å². The molecule has 0 aromatic carbocycles. The van der Waals surface area contributed by atoms with Crippen molar-refractivity contribution in [3.63, 3.8) is 0 Å². The molecule has 0 saturated carbocycles. The lowest BCUT2D eigenvalue weighted by molar-refractivity contribution is 0.0524. The van der Waals surface area contributed by atoms with Gasteiger partial charge in [0.2, 0.25) is 0 Å². The zero-order valence-electron chi connectivity index (χ0n) is 11.4. The third kappa shape index (κ3) is 3.43. The lowest BCUT2D eigenvalue weighted by Crippen LogP contribution is -2.11. The van der Waals surface area contributed by atoms with Crippen molar-refractivity contribution in [1.29, 1.82) is 0 Å². The average molecular weight is 355 g/mol. The van der Waals surface area contributed by atoms with E-state index in [-0.39, 0.29) is 5.97 Å². The molecule has 0 aliphatic carbocycles. The highest BCUT2D eigenvalue weighted by molar-refractivity contribution is 9.11. The van der Waals surface area contributed by atoms with Gasteiger partial charge in [0.15, 0.2) is 5.82 Å². The Labute approximate surface area is 130 Å². The third-order valence-electron chi connectivity index (χ3n) is 2.64. The van der Waals surface area contributed by atoms with Gasteiger partial charge in [-0.15, -0.1) is 11.3 Å². The Morgan fingerprint density at radius 2 is 2.20 bits per heavy atom. The highest BCUT2D eigenvalue weighted by Gasteiger charge is 2.16. The van der Waals surface area contributed by atoms with Crippen LogP contribution in [0.15, 0.2) is 22.1 Å². The van der Waals surface area contributed by atoms with Crippen molar-refractivity contribution in [1.82, 2.24) is 9.97 Å². The first-order valence-electron chi connectivity index (χ1n) is 6.44. The molecule has 2 heterocycles. The zero-order chi connectivity index (χ0) is 14.5. The fourth-order valence-electron chi connectivity index (χ4n) is 1.78. The number of ether oxygens (including phenoxy) is 1. The van der Waals surface area contributed by atoms with Crippen molar-refractivity contribution in [2.75, 3.05) is 6.61 Å². The van der Waals surface area contributed by atoms with Crippen LogP contribution in [0.2, 0.25) is 0 Å². The molecule has 0 amide bonds. The van der Waals surface area contributed by atoms with Crippen LogP contribution in [0.5, 0.6) is 0 Å². The third-order valence-corrected chi connectivity index (χ3v) is 4.26. The smallest absolute Gasteiger partial charge is 0.341 e. The molecule has 4 nitrogen and oxygen atoms in total. The molecule has 20 heavy (non-hydrogen) atoms. The summed E-state index contributed by atoms with van der Waals surface area (Å²) in [4.78, 5) is 21.7. The quantitative estimate of drug-likeness (QED) is 0.758. The fourth-order valence-corrected chi connectivity index (χ4v) is 3.10. The molecule has 0 radical (unpaired) electrons. The molecule has 0 spiro atoms. The molecule has 0 saturated heterocycles. The van der Waals surface area contributed by atoms with E-state index in [1.54, 1.807) is 24.5 Å². The summed E-state index contributed by atoms with van der Waals surface area (Å²) in [6.45, 7) is 4.19. The van der Waals surface area contributed by atoms with Crippen LogP contribution in [0.25, 0.3) is 10.7 Å². The summed E-state index contributed by atoms with van der Waals surface area (Å²) in [5, 5.41) is 0. The standard InChI is InChI=1S/C14H15BrN2O2S/c1-3-5-10-9(14(18)19-4-2)8-16-13(17-10)11-6-7-12(15)20-11/h6-8H,3-5H2,1-2H3. The molecular formula is C14H15BrN2O2S. The predicted molar refractivity (Wildman–Crippen MR) is 83.0 cm³/mol. The molecule has 2 rings (SSSR count). The number of hydrogen-bond donors (Lipinski definition) is 0. The predicted octanol–water partition coefficient (Wildman–Crippen LogP) is 4.10. The molecule has 0 N–H and O–H groups in total. The van der Waals surface area contributed by atoms with Gasteiger partial charge in [-0.2, -0.15) is 0 Å². The number of carbonyl (C=O) groups excluding carboxylic acids is 1. The number of aryl methyl sites for hydroxylation is 1. The minimum absolute atomic E-state index is 0.351. The Balaban J connectivity index is 2.39. The first-order chi connectivity index (χ1) is 9.65. The van der Waals surface area contributed by atoms with Gasteiger partial charge >= 0.3 is 5.97 Å². The molecule has 0 bridgehead atoms. The molecule has 2 aromatic rings. The maximum atomic E-state index is 11.9. The summed E-state index contributed by atoms with van der Waals surface area (Å²) in [6.07, 6.45) is 3.21. The summed E-state index contributed by atoms with van der Waals surface area (Å²) < 4.78 is 6.07. The summed E-state index contributed by atoms with van der Waals surface area (Å²) in [5.41, 5.74) is 1.22. The van der Waals surface area contributed by atoms with Crippen LogP contribution >= 0.6 is 27.3 Å². The van der Waals surface area contributed by atoms with Crippen LogP contribution in [0.3, 0.4) is 0 Å². The van der Waals surface area contributed by atoms with E-state index in [0.717, 1.165) is 27.2 Å². The van der Waals surface area contributed by atoms with Gasteiger partial charge < -0.3 is 4.74 Å². The SMILES string of the molecule is CCCc1nc(-c2ccc(Br)s2)ncc1C(=O)OCC. The van der Waals surface area contributed by atoms with Crippen LogP contribution in [-0.4, -0.2) is 22.5 Å². The number of halogens is 1. The van der Waals surface area contributed by atoms with Crippen LogP contribution in [0.1, 0.15) is 36.3 Å². The Morgan fingerprint density at radius 3 is 2.80 bits per heavy atom. The number of thiophene rings is 1. The minimum Gasteiger partial charge on any atom is -0.462 e. The molecule has 0 unspecified atom stereocenters. The van der Waals surface area contributed by atoms with Gasteiger partial charge in [-0.05, 0) is 41.4 Å². The van der Waals surface area contributed by atoms with Gasteiger partial charge in [-0.3, -0.25) is 0 Å². The lowest BCUT2D eigenvalue weighted by Gasteiger charge is -2.08.